The molecule has 2 heterocycles. The number of hydrogen-bond acceptors (Lipinski definition) is 4. The van der Waals surface area contributed by atoms with E-state index >= 15 is 0 Å². The first-order chi connectivity index (χ1) is 7.86. The third-order valence-electron chi connectivity index (χ3n) is 2.65. The number of furan rings is 2. The van der Waals surface area contributed by atoms with Crippen LogP contribution >= 0.6 is 0 Å². The Morgan fingerprint density at radius 2 is 1.31 bits per heavy atom. The van der Waals surface area contributed by atoms with Crippen LogP contribution in [0.1, 0.15) is 23.6 Å². The average Bonchev–Trinajstić information content (AvgIpc) is 2.97. The highest BCUT2D eigenvalue weighted by molar-refractivity contribution is 5.14. The van der Waals surface area contributed by atoms with Gasteiger partial charge in [-0.1, -0.05) is 0 Å². The second kappa shape index (κ2) is 5.01. The molecule has 0 spiro atoms. The molecule has 4 heteroatoms. The van der Waals surface area contributed by atoms with Gasteiger partial charge in [-0.2, -0.15) is 0 Å². The SMILES string of the molecule is CN[C@H](c1ccco1)[C@@H](NC)c1ccco1. The van der Waals surface area contributed by atoms with Gasteiger partial charge in [-0.3, -0.25) is 0 Å². The van der Waals surface area contributed by atoms with Gasteiger partial charge in [-0.05, 0) is 38.4 Å². The first-order valence-electron chi connectivity index (χ1n) is 5.28. The Bertz CT molecular complexity index is 354. The third-order valence-corrected chi connectivity index (χ3v) is 2.65. The van der Waals surface area contributed by atoms with Crippen molar-refractivity contribution in [1.29, 1.82) is 0 Å². The summed E-state index contributed by atoms with van der Waals surface area (Å²) in [6.45, 7) is 0. The quantitative estimate of drug-likeness (QED) is 0.810. The molecule has 16 heavy (non-hydrogen) atoms. The van der Waals surface area contributed by atoms with Gasteiger partial charge in [0, 0.05) is 0 Å². The van der Waals surface area contributed by atoms with Crippen molar-refractivity contribution in [3.05, 3.63) is 48.3 Å². The van der Waals surface area contributed by atoms with E-state index in [9.17, 15) is 0 Å². The van der Waals surface area contributed by atoms with Gasteiger partial charge in [0.1, 0.15) is 11.5 Å². The Kier molecular flexibility index (Phi) is 3.44. The summed E-state index contributed by atoms with van der Waals surface area (Å²) in [5, 5.41) is 6.46. The molecule has 0 aromatic carbocycles. The van der Waals surface area contributed by atoms with Crippen LogP contribution in [0, 0.1) is 0 Å². The lowest BCUT2D eigenvalue weighted by Crippen LogP contribution is -2.31. The molecule has 2 aromatic heterocycles. The minimum absolute atomic E-state index is 0.0474. The molecule has 0 saturated carbocycles. The molecular formula is C12H16N2O2. The Hall–Kier alpha value is -1.52. The van der Waals surface area contributed by atoms with Crippen molar-refractivity contribution >= 4 is 0 Å². The summed E-state index contributed by atoms with van der Waals surface area (Å²) in [6.07, 6.45) is 3.35. The summed E-state index contributed by atoms with van der Waals surface area (Å²) in [5.41, 5.74) is 0. The predicted octanol–water partition coefficient (Wildman–Crippen LogP) is 2.09. The highest BCUT2D eigenvalue weighted by Crippen LogP contribution is 2.28. The van der Waals surface area contributed by atoms with Crippen molar-refractivity contribution in [2.45, 2.75) is 12.1 Å². The minimum Gasteiger partial charge on any atom is -0.468 e. The molecule has 86 valence electrons. The molecule has 0 unspecified atom stereocenters. The normalized spacial score (nSPS) is 14.9. The van der Waals surface area contributed by atoms with Gasteiger partial charge >= 0.3 is 0 Å². The molecule has 0 aliphatic rings. The first-order valence-corrected chi connectivity index (χ1v) is 5.28. The highest BCUT2D eigenvalue weighted by Gasteiger charge is 2.26. The molecule has 2 N–H and O–H groups in total. The van der Waals surface area contributed by atoms with Gasteiger partial charge in [0.25, 0.3) is 0 Å². The molecule has 4 nitrogen and oxygen atoms in total. The lowest BCUT2D eigenvalue weighted by molar-refractivity contribution is 0.317. The highest BCUT2D eigenvalue weighted by atomic mass is 16.3. The molecule has 0 radical (unpaired) electrons. The Morgan fingerprint density at radius 3 is 1.56 bits per heavy atom. The van der Waals surface area contributed by atoms with E-state index in [1.165, 1.54) is 0 Å². The van der Waals surface area contributed by atoms with Crippen molar-refractivity contribution in [2.24, 2.45) is 0 Å². The van der Waals surface area contributed by atoms with Crippen molar-refractivity contribution < 1.29 is 8.83 Å². The molecule has 0 saturated heterocycles. The fourth-order valence-electron chi connectivity index (χ4n) is 1.88. The molecule has 0 amide bonds. The monoisotopic (exact) mass is 220 g/mol. The molecule has 0 aliphatic carbocycles. The molecule has 0 fully saturated rings. The lowest BCUT2D eigenvalue weighted by Gasteiger charge is -2.23. The van der Waals surface area contributed by atoms with Gasteiger partial charge in [-0.15, -0.1) is 0 Å². The smallest absolute Gasteiger partial charge is 0.122 e. The maximum Gasteiger partial charge on any atom is 0.122 e. The van der Waals surface area contributed by atoms with Crippen LogP contribution in [0.3, 0.4) is 0 Å². The van der Waals surface area contributed by atoms with E-state index in [1.807, 2.05) is 38.4 Å². The number of likely N-dealkylation sites (N-methyl/N-ethyl adjacent to an activating group) is 2. The Labute approximate surface area is 94.6 Å². The molecule has 2 aromatic rings. The van der Waals surface area contributed by atoms with Crippen molar-refractivity contribution in [1.82, 2.24) is 10.6 Å². The van der Waals surface area contributed by atoms with Crippen LogP contribution in [-0.2, 0) is 0 Å². The van der Waals surface area contributed by atoms with Gasteiger partial charge in [0.15, 0.2) is 0 Å². The van der Waals surface area contributed by atoms with Crippen LogP contribution in [0.25, 0.3) is 0 Å². The van der Waals surface area contributed by atoms with Gasteiger partial charge < -0.3 is 19.5 Å². The van der Waals surface area contributed by atoms with Crippen LogP contribution in [0.5, 0.6) is 0 Å². The van der Waals surface area contributed by atoms with E-state index in [2.05, 4.69) is 10.6 Å². The summed E-state index contributed by atoms with van der Waals surface area (Å²) >= 11 is 0. The Morgan fingerprint density at radius 1 is 0.875 bits per heavy atom. The van der Waals surface area contributed by atoms with E-state index in [4.69, 9.17) is 8.83 Å². The molecular weight excluding hydrogens is 204 g/mol. The van der Waals surface area contributed by atoms with E-state index in [1.54, 1.807) is 12.5 Å². The average molecular weight is 220 g/mol. The topological polar surface area (TPSA) is 50.3 Å². The standard InChI is InChI=1S/C12H16N2O2/c1-13-11(9-5-3-7-15-9)12(14-2)10-6-4-8-16-10/h3-8,11-14H,1-2H3/t11-,12+. The second-order valence-electron chi connectivity index (χ2n) is 3.56. The molecule has 2 atom stereocenters. The summed E-state index contributed by atoms with van der Waals surface area (Å²) in [5.74, 6) is 1.77. The van der Waals surface area contributed by atoms with Crippen molar-refractivity contribution in [2.75, 3.05) is 14.1 Å². The molecule has 0 aliphatic heterocycles. The molecule has 0 bridgehead atoms. The van der Waals surface area contributed by atoms with Crippen molar-refractivity contribution in [3.8, 4) is 0 Å². The second-order valence-corrected chi connectivity index (χ2v) is 3.56. The van der Waals surface area contributed by atoms with E-state index in [0.717, 1.165) is 11.5 Å². The van der Waals surface area contributed by atoms with E-state index < -0.39 is 0 Å². The zero-order valence-electron chi connectivity index (χ0n) is 9.44. The fourth-order valence-corrected chi connectivity index (χ4v) is 1.88. The number of hydrogen-bond donors (Lipinski definition) is 2. The predicted molar refractivity (Wildman–Crippen MR) is 61.0 cm³/mol. The minimum atomic E-state index is 0.0474. The van der Waals surface area contributed by atoms with Gasteiger partial charge in [0.2, 0.25) is 0 Å². The zero-order valence-corrected chi connectivity index (χ0v) is 9.44. The summed E-state index contributed by atoms with van der Waals surface area (Å²) in [7, 11) is 3.81. The zero-order chi connectivity index (χ0) is 11.4. The maximum absolute atomic E-state index is 5.42. The van der Waals surface area contributed by atoms with E-state index in [-0.39, 0.29) is 12.1 Å². The van der Waals surface area contributed by atoms with Crippen LogP contribution in [-0.4, -0.2) is 14.1 Å². The lowest BCUT2D eigenvalue weighted by atomic mass is 10.0. The number of rotatable bonds is 5. The Balaban J connectivity index is 2.25. The first kappa shape index (κ1) is 11.0. The third kappa shape index (κ3) is 2.03. The summed E-state index contributed by atoms with van der Waals surface area (Å²) in [4.78, 5) is 0. The van der Waals surface area contributed by atoms with Crippen LogP contribution in [0.2, 0.25) is 0 Å². The van der Waals surface area contributed by atoms with Gasteiger partial charge in [-0.25, -0.2) is 0 Å². The molecule has 2 rings (SSSR count). The van der Waals surface area contributed by atoms with Crippen molar-refractivity contribution in [3.63, 3.8) is 0 Å². The summed E-state index contributed by atoms with van der Waals surface area (Å²) in [6, 6.07) is 7.77. The van der Waals surface area contributed by atoms with Crippen LogP contribution in [0.15, 0.2) is 45.6 Å². The largest absolute Gasteiger partial charge is 0.468 e. The number of nitrogens with one attached hydrogen (secondary N) is 2. The van der Waals surface area contributed by atoms with Crippen LogP contribution in [0.4, 0.5) is 0 Å². The maximum atomic E-state index is 5.42. The summed E-state index contributed by atoms with van der Waals surface area (Å²) < 4.78 is 10.8. The van der Waals surface area contributed by atoms with Gasteiger partial charge in [0.05, 0.1) is 24.6 Å². The fraction of sp³-hybridized carbons (Fsp3) is 0.333. The van der Waals surface area contributed by atoms with Crippen LogP contribution < -0.4 is 10.6 Å². The van der Waals surface area contributed by atoms with E-state index in [0.29, 0.717) is 0 Å².